The van der Waals surface area contributed by atoms with Crippen LogP contribution in [0.2, 0.25) is 0 Å². The van der Waals surface area contributed by atoms with E-state index < -0.39 is 0 Å². The van der Waals surface area contributed by atoms with Gasteiger partial charge >= 0.3 is 6.03 Å². The highest BCUT2D eigenvalue weighted by atomic mass is 16.2. The predicted octanol–water partition coefficient (Wildman–Crippen LogP) is -0.352. The number of nitrogens with zero attached hydrogens (tertiary/aromatic N) is 3. The molecule has 2 aliphatic rings. The minimum atomic E-state index is 0.224. The van der Waals surface area contributed by atoms with E-state index in [0.29, 0.717) is 6.04 Å². The summed E-state index contributed by atoms with van der Waals surface area (Å²) in [5.74, 6) is 0. The Kier molecular flexibility index (Phi) is 3.66. The van der Waals surface area contributed by atoms with Crippen molar-refractivity contribution >= 4 is 6.03 Å². The summed E-state index contributed by atoms with van der Waals surface area (Å²) < 4.78 is 0. The van der Waals surface area contributed by atoms with Gasteiger partial charge in [-0.3, -0.25) is 0 Å². The fraction of sp³-hybridized carbons (Fsp3) is 0.909. The smallest absolute Gasteiger partial charge is 0.320 e. The topological polar surface area (TPSA) is 38.8 Å². The minimum Gasteiger partial charge on any atom is -0.322 e. The fourth-order valence-corrected chi connectivity index (χ4v) is 2.30. The van der Waals surface area contributed by atoms with Gasteiger partial charge in [-0.15, -0.1) is 0 Å². The molecule has 0 unspecified atom stereocenters. The van der Waals surface area contributed by atoms with Crippen LogP contribution in [0.15, 0.2) is 0 Å². The summed E-state index contributed by atoms with van der Waals surface area (Å²) in [4.78, 5) is 18.5. The molecule has 2 rings (SSSR count). The van der Waals surface area contributed by atoms with Crippen LogP contribution >= 0.6 is 0 Å². The summed E-state index contributed by atoms with van der Waals surface area (Å²) in [5, 5.41) is 3.31. The molecule has 92 valence electrons. The first-order valence-electron chi connectivity index (χ1n) is 6.13. The minimum absolute atomic E-state index is 0.224. The lowest BCUT2D eigenvalue weighted by Crippen LogP contribution is -2.58. The molecule has 0 bridgehead atoms. The van der Waals surface area contributed by atoms with Crippen LogP contribution in [0, 0.1) is 0 Å². The van der Waals surface area contributed by atoms with Gasteiger partial charge in [-0.1, -0.05) is 0 Å². The first kappa shape index (κ1) is 11.7. The summed E-state index contributed by atoms with van der Waals surface area (Å²) in [6.07, 6.45) is 0. The van der Waals surface area contributed by atoms with E-state index in [9.17, 15) is 4.79 Å². The number of amides is 2. The maximum absolute atomic E-state index is 12.3. The molecule has 0 aromatic carbocycles. The maximum atomic E-state index is 12.3. The zero-order valence-corrected chi connectivity index (χ0v) is 10.3. The molecule has 1 N–H and O–H groups in total. The van der Waals surface area contributed by atoms with Crippen LogP contribution < -0.4 is 5.32 Å². The van der Waals surface area contributed by atoms with E-state index >= 15 is 0 Å². The van der Waals surface area contributed by atoms with Gasteiger partial charge < -0.3 is 20.0 Å². The van der Waals surface area contributed by atoms with Crippen LogP contribution in [0.25, 0.3) is 0 Å². The van der Waals surface area contributed by atoms with Gasteiger partial charge in [0, 0.05) is 51.9 Å². The highest BCUT2D eigenvalue weighted by molar-refractivity contribution is 5.75. The van der Waals surface area contributed by atoms with E-state index in [4.69, 9.17) is 0 Å². The average Bonchev–Trinajstić information content (AvgIpc) is 2.30. The van der Waals surface area contributed by atoms with E-state index in [1.165, 1.54) is 0 Å². The van der Waals surface area contributed by atoms with Crippen LogP contribution in [0.1, 0.15) is 6.92 Å². The number of urea groups is 1. The van der Waals surface area contributed by atoms with Gasteiger partial charge in [-0.25, -0.2) is 4.79 Å². The molecule has 2 heterocycles. The lowest BCUT2D eigenvalue weighted by Gasteiger charge is -2.40. The van der Waals surface area contributed by atoms with Crippen molar-refractivity contribution < 1.29 is 4.79 Å². The fourth-order valence-electron chi connectivity index (χ4n) is 2.30. The van der Waals surface area contributed by atoms with Crippen LogP contribution in [-0.2, 0) is 0 Å². The van der Waals surface area contributed by atoms with Crippen molar-refractivity contribution in [2.45, 2.75) is 13.0 Å². The van der Waals surface area contributed by atoms with Gasteiger partial charge in [0.05, 0.1) is 0 Å². The third kappa shape index (κ3) is 2.47. The Balaban J connectivity index is 1.90. The number of nitrogens with one attached hydrogen (secondary N) is 1. The Bertz CT molecular complexity index is 250. The van der Waals surface area contributed by atoms with Gasteiger partial charge in [0.25, 0.3) is 0 Å². The number of carbonyl (C=O) groups excluding carboxylic acids is 1. The van der Waals surface area contributed by atoms with Gasteiger partial charge in [0.2, 0.25) is 0 Å². The van der Waals surface area contributed by atoms with Crippen molar-refractivity contribution in [2.75, 3.05) is 52.9 Å². The van der Waals surface area contributed by atoms with Crippen molar-refractivity contribution in [1.82, 2.24) is 20.0 Å². The van der Waals surface area contributed by atoms with Crippen LogP contribution in [-0.4, -0.2) is 79.6 Å². The number of rotatable bonds is 0. The van der Waals surface area contributed by atoms with Crippen molar-refractivity contribution in [1.29, 1.82) is 0 Å². The first-order valence-corrected chi connectivity index (χ1v) is 6.13. The quantitative estimate of drug-likeness (QED) is 0.613. The molecule has 0 spiro atoms. The molecular formula is C11H22N4O. The van der Waals surface area contributed by atoms with Gasteiger partial charge in [-0.05, 0) is 14.0 Å². The van der Waals surface area contributed by atoms with Crippen LogP contribution in [0.4, 0.5) is 4.79 Å². The molecule has 5 heteroatoms. The molecule has 5 nitrogen and oxygen atoms in total. The van der Waals surface area contributed by atoms with Crippen LogP contribution in [0.3, 0.4) is 0 Å². The SMILES string of the molecule is C[C@@H]1CNCCN1C(=O)N1CCN(C)CC1. The molecule has 16 heavy (non-hydrogen) atoms. The van der Waals surface area contributed by atoms with Crippen molar-refractivity contribution in [3.63, 3.8) is 0 Å². The Labute approximate surface area is 97.4 Å². The molecular weight excluding hydrogens is 204 g/mol. The van der Waals surface area contributed by atoms with Gasteiger partial charge in [0.1, 0.15) is 0 Å². The second-order valence-corrected chi connectivity index (χ2v) is 4.82. The van der Waals surface area contributed by atoms with E-state index in [0.717, 1.165) is 45.8 Å². The normalized spacial score (nSPS) is 28.2. The number of piperazine rings is 2. The largest absolute Gasteiger partial charge is 0.322 e. The number of likely N-dealkylation sites (N-methyl/N-ethyl adjacent to an activating group) is 1. The zero-order chi connectivity index (χ0) is 11.5. The molecule has 0 saturated carbocycles. The second kappa shape index (κ2) is 5.01. The molecule has 1 atom stereocenters. The summed E-state index contributed by atoms with van der Waals surface area (Å²) in [5.41, 5.74) is 0. The molecule has 2 saturated heterocycles. The summed E-state index contributed by atoms with van der Waals surface area (Å²) in [6.45, 7) is 8.51. The maximum Gasteiger partial charge on any atom is 0.320 e. The Hall–Kier alpha value is -0.810. The summed E-state index contributed by atoms with van der Waals surface area (Å²) >= 11 is 0. The monoisotopic (exact) mass is 226 g/mol. The Morgan fingerprint density at radius 3 is 2.50 bits per heavy atom. The number of carbonyl (C=O) groups is 1. The average molecular weight is 226 g/mol. The second-order valence-electron chi connectivity index (χ2n) is 4.82. The highest BCUT2D eigenvalue weighted by Gasteiger charge is 2.28. The molecule has 0 radical (unpaired) electrons. The molecule has 0 aromatic heterocycles. The first-order chi connectivity index (χ1) is 7.68. The third-order valence-electron chi connectivity index (χ3n) is 3.52. The summed E-state index contributed by atoms with van der Waals surface area (Å²) in [7, 11) is 2.11. The highest BCUT2D eigenvalue weighted by Crippen LogP contribution is 2.09. The molecule has 0 aliphatic carbocycles. The Morgan fingerprint density at radius 2 is 1.88 bits per heavy atom. The molecule has 2 fully saturated rings. The number of hydrogen-bond acceptors (Lipinski definition) is 3. The molecule has 2 amide bonds. The van der Waals surface area contributed by atoms with Gasteiger partial charge in [0.15, 0.2) is 0 Å². The predicted molar refractivity (Wildman–Crippen MR) is 63.5 cm³/mol. The van der Waals surface area contributed by atoms with Crippen LogP contribution in [0.5, 0.6) is 0 Å². The summed E-state index contributed by atoms with van der Waals surface area (Å²) in [6, 6.07) is 0.544. The Morgan fingerprint density at radius 1 is 1.19 bits per heavy atom. The number of hydrogen-bond donors (Lipinski definition) is 1. The van der Waals surface area contributed by atoms with Crippen molar-refractivity contribution in [3.8, 4) is 0 Å². The lowest BCUT2D eigenvalue weighted by atomic mass is 10.2. The third-order valence-corrected chi connectivity index (χ3v) is 3.52. The van der Waals surface area contributed by atoms with E-state index in [1.54, 1.807) is 0 Å². The zero-order valence-electron chi connectivity index (χ0n) is 10.3. The standard InChI is InChI=1S/C11H22N4O/c1-10-9-12-3-4-15(10)11(16)14-7-5-13(2)6-8-14/h10,12H,3-9H2,1-2H3/t10-/m1/s1. The van der Waals surface area contributed by atoms with E-state index in [1.807, 2.05) is 9.80 Å². The molecule has 0 aromatic rings. The molecule has 2 aliphatic heterocycles. The van der Waals surface area contributed by atoms with E-state index in [2.05, 4.69) is 24.2 Å². The lowest BCUT2D eigenvalue weighted by molar-refractivity contribution is 0.103. The van der Waals surface area contributed by atoms with E-state index in [-0.39, 0.29) is 6.03 Å². The van der Waals surface area contributed by atoms with Crippen molar-refractivity contribution in [2.24, 2.45) is 0 Å². The van der Waals surface area contributed by atoms with Crippen molar-refractivity contribution in [3.05, 3.63) is 0 Å². The van der Waals surface area contributed by atoms with Gasteiger partial charge in [-0.2, -0.15) is 0 Å².